The molecule has 2 aromatic carbocycles. The van der Waals surface area contributed by atoms with Gasteiger partial charge in [0.05, 0.1) is 5.52 Å². The number of carbonyl (C=O) groups is 1. The van der Waals surface area contributed by atoms with Gasteiger partial charge in [-0.05, 0) is 37.1 Å². The minimum atomic E-state index is -0.305. The number of carbonyl (C=O) groups excluding carboxylic acids is 1. The van der Waals surface area contributed by atoms with Crippen molar-refractivity contribution in [2.45, 2.75) is 13.3 Å². The van der Waals surface area contributed by atoms with E-state index in [1.165, 1.54) is 6.07 Å². The molecule has 5 nitrogen and oxygen atoms in total. The fourth-order valence-corrected chi connectivity index (χ4v) is 3.68. The van der Waals surface area contributed by atoms with E-state index in [2.05, 4.69) is 9.97 Å². The van der Waals surface area contributed by atoms with Gasteiger partial charge in [-0.2, -0.15) is 0 Å². The van der Waals surface area contributed by atoms with Gasteiger partial charge >= 0.3 is 0 Å². The molecule has 1 saturated heterocycles. The number of benzene rings is 2. The Morgan fingerprint density at radius 2 is 1.83 bits per heavy atom. The van der Waals surface area contributed by atoms with Crippen LogP contribution in [0.4, 0.5) is 4.39 Å². The van der Waals surface area contributed by atoms with E-state index in [4.69, 9.17) is 0 Å². The number of fused-ring (bicyclic) bond motifs is 1. The minimum Gasteiger partial charge on any atom is -0.339 e. The van der Waals surface area contributed by atoms with Crippen LogP contribution in [0.1, 0.15) is 22.3 Å². The molecular weight excluding hydrogens is 367 g/mol. The summed E-state index contributed by atoms with van der Waals surface area (Å²) in [5.74, 6) is 0.233. The van der Waals surface area contributed by atoms with Gasteiger partial charge in [0.1, 0.15) is 5.82 Å². The number of halogens is 1. The smallest absolute Gasteiger partial charge is 0.253 e. The quantitative estimate of drug-likeness (QED) is 0.525. The molecule has 1 aliphatic rings. The van der Waals surface area contributed by atoms with Crippen LogP contribution in [-0.4, -0.2) is 38.4 Å². The maximum absolute atomic E-state index is 14.0. The summed E-state index contributed by atoms with van der Waals surface area (Å²) in [5, 5.41) is 1.05. The number of nitrogens with zero attached hydrogens (tertiary/aromatic N) is 4. The minimum absolute atomic E-state index is 0.0550. The molecule has 0 bridgehead atoms. The number of hydrogen-bond acceptors (Lipinski definition) is 3. The fraction of sp³-hybridized carbons (Fsp3) is 0.174. The largest absolute Gasteiger partial charge is 0.339 e. The summed E-state index contributed by atoms with van der Waals surface area (Å²) < 4.78 is 15.9. The summed E-state index contributed by atoms with van der Waals surface area (Å²) in [7, 11) is 0. The van der Waals surface area contributed by atoms with Gasteiger partial charge in [0.25, 0.3) is 5.91 Å². The third kappa shape index (κ3) is 2.97. The van der Waals surface area contributed by atoms with E-state index < -0.39 is 0 Å². The van der Waals surface area contributed by atoms with Crippen molar-refractivity contribution < 1.29 is 9.18 Å². The number of aryl methyl sites for hydroxylation is 1. The van der Waals surface area contributed by atoms with Crippen molar-refractivity contribution in [3.05, 3.63) is 78.0 Å². The standard InChI is InChI=1S/C23H19FN4O/c1-15-14-28(21-11-16(7-8-18(15)21)22(29)27-9-4-10-27)23-25-12-17(13-26-23)19-5-2-3-6-20(19)24/h2-3,5-8,11-14H,4,9-10H2,1H3. The second-order valence-electron chi connectivity index (χ2n) is 7.31. The monoisotopic (exact) mass is 386 g/mol. The van der Waals surface area contributed by atoms with Crippen LogP contribution in [0.3, 0.4) is 0 Å². The van der Waals surface area contributed by atoms with Crippen LogP contribution in [0.2, 0.25) is 0 Å². The maximum atomic E-state index is 14.0. The van der Waals surface area contributed by atoms with Gasteiger partial charge in [-0.15, -0.1) is 0 Å². The first kappa shape index (κ1) is 17.6. The molecule has 1 fully saturated rings. The van der Waals surface area contributed by atoms with Gasteiger partial charge < -0.3 is 4.90 Å². The molecule has 0 N–H and O–H groups in total. The van der Waals surface area contributed by atoms with Crippen LogP contribution in [0.15, 0.2) is 61.1 Å². The lowest BCUT2D eigenvalue weighted by molar-refractivity contribution is 0.0652. The van der Waals surface area contributed by atoms with Gasteiger partial charge in [0.15, 0.2) is 0 Å². The van der Waals surface area contributed by atoms with Crippen LogP contribution < -0.4 is 0 Å². The second-order valence-corrected chi connectivity index (χ2v) is 7.31. The molecule has 29 heavy (non-hydrogen) atoms. The van der Waals surface area contributed by atoms with Gasteiger partial charge in [-0.25, -0.2) is 14.4 Å². The average Bonchev–Trinajstić information content (AvgIpc) is 3.03. The first-order valence-corrected chi connectivity index (χ1v) is 9.60. The highest BCUT2D eigenvalue weighted by Crippen LogP contribution is 2.27. The molecule has 6 heteroatoms. The predicted octanol–water partition coefficient (Wildman–Crippen LogP) is 4.38. The molecule has 1 amide bonds. The van der Waals surface area contributed by atoms with Crippen LogP contribution in [0.25, 0.3) is 28.0 Å². The van der Waals surface area contributed by atoms with Crippen molar-refractivity contribution >= 4 is 16.8 Å². The number of aromatic nitrogens is 3. The van der Waals surface area contributed by atoms with E-state index in [0.717, 1.165) is 36.0 Å². The summed E-state index contributed by atoms with van der Waals surface area (Å²) in [5.41, 5.74) is 3.71. The molecule has 0 spiro atoms. The Morgan fingerprint density at radius 3 is 2.52 bits per heavy atom. The van der Waals surface area contributed by atoms with Crippen molar-refractivity contribution in [3.8, 4) is 17.1 Å². The normalized spacial score (nSPS) is 13.5. The summed E-state index contributed by atoms with van der Waals surface area (Å²) in [6, 6.07) is 12.3. The number of rotatable bonds is 3. The van der Waals surface area contributed by atoms with E-state index in [0.29, 0.717) is 22.6 Å². The first-order valence-electron chi connectivity index (χ1n) is 9.60. The van der Waals surface area contributed by atoms with Crippen molar-refractivity contribution in [1.29, 1.82) is 0 Å². The van der Waals surface area contributed by atoms with Crippen LogP contribution in [0, 0.1) is 12.7 Å². The highest BCUT2D eigenvalue weighted by Gasteiger charge is 2.22. The number of hydrogen-bond donors (Lipinski definition) is 0. The molecule has 5 rings (SSSR count). The van der Waals surface area contributed by atoms with Crippen molar-refractivity contribution in [1.82, 2.24) is 19.4 Å². The molecule has 0 saturated carbocycles. The molecule has 144 valence electrons. The second kappa shape index (κ2) is 6.81. The number of amides is 1. The van der Waals surface area contributed by atoms with Crippen LogP contribution in [-0.2, 0) is 0 Å². The summed E-state index contributed by atoms with van der Waals surface area (Å²) in [4.78, 5) is 23.4. The Bertz CT molecular complexity index is 1230. The SMILES string of the molecule is Cc1cn(-c2ncc(-c3ccccc3F)cn2)c2cc(C(=O)N3CCC3)ccc12. The van der Waals surface area contributed by atoms with Crippen molar-refractivity contribution in [2.75, 3.05) is 13.1 Å². The van der Waals surface area contributed by atoms with E-state index in [9.17, 15) is 9.18 Å². The van der Waals surface area contributed by atoms with Gasteiger partial charge in [0, 0.05) is 53.8 Å². The highest BCUT2D eigenvalue weighted by molar-refractivity contribution is 5.99. The summed E-state index contributed by atoms with van der Waals surface area (Å²) >= 11 is 0. The number of likely N-dealkylation sites (tertiary alicyclic amines) is 1. The Labute approximate surface area is 167 Å². The topological polar surface area (TPSA) is 51.0 Å². The van der Waals surface area contributed by atoms with Gasteiger partial charge in [-0.3, -0.25) is 9.36 Å². The summed E-state index contributed by atoms with van der Waals surface area (Å²) in [6.45, 7) is 3.65. The molecule has 1 aliphatic heterocycles. The van der Waals surface area contributed by atoms with Gasteiger partial charge in [0.2, 0.25) is 5.95 Å². The molecular formula is C23H19FN4O. The third-order valence-electron chi connectivity index (χ3n) is 5.43. The highest BCUT2D eigenvalue weighted by atomic mass is 19.1. The molecule has 0 atom stereocenters. The zero-order valence-electron chi connectivity index (χ0n) is 16.0. The lowest BCUT2D eigenvalue weighted by Gasteiger charge is -2.30. The zero-order chi connectivity index (χ0) is 20.0. The zero-order valence-corrected chi connectivity index (χ0v) is 16.0. The molecule has 0 aliphatic carbocycles. The third-order valence-corrected chi connectivity index (χ3v) is 5.43. The Hall–Kier alpha value is -3.54. The van der Waals surface area contributed by atoms with E-state index in [-0.39, 0.29) is 11.7 Å². The molecule has 2 aromatic heterocycles. The van der Waals surface area contributed by atoms with E-state index in [1.54, 1.807) is 30.6 Å². The summed E-state index contributed by atoms with van der Waals surface area (Å²) in [6.07, 6.45) is 6.26. The lowest BCUT2D eigenvalue weighted by Crippen LogP contribution is -2.41. The Kier molecular flexibility index (Phi) is 4.12. The molecule has 0 radical (unpaired) electrons. The lowest BCUT2D eigenvalue weighted by atomic mass is 10.1. The Balaban J connectivity index is 1.55. The molecule has 4 aromatic rings. The first-order chi connectivity index (χ1) is 14.1. The predicted molar refractivity (Wildman–Crippen MR) is 110 cm³/mol. The van der Waals surface area contributed by atoms with E-state index >= 15 is 0 Å². The van der Waals surface area contributed by atoms with E-state index in [1.807, 2.05) is 40.8 Å². The van der Waals surface area contributed by atoms with Crippen molar-refractivity contribution in [2.24, 2.45) is 0 Å². The fourth-order valence-electron chi connectivity index (χ4n) is 3.68. The maximum Gasteiger partial charge on any atom is 0.253 e. The average molecular weight is 386 g/mol. The molecule has 3 heterocycles. The molecule has 0 unspecified atom stereocenters. The Morgan fingerprint density at radius 1 is 1.07 bits per heavy atom. The van der Waals surface area contributed by atoms with Crippen LogP contribution >= 0.6 is 0 Å². The van der Waals surface area contributed by atoms with Gasteiger partial charge in [-0.1, -0.05) is 24.3 Å². The van der Waals surface area contributed by atoms with Crippen LogP contribution in [0.5, 0.6) is 0 Å². The van der Waals surface area contributed by atoms with Crippen molar-refractivity contribution in [3.63, 3.8) is 0 Å².